The minimum absolute atomic E-state index is 0.800. The van der Waals surface area contributed by atoms with E-state index < -0.39 is 0 Å². The van der Waals surface area contributed by atoms with Gasteiger partial charge < -0.3 is 10.1 Å². The molecule has 0 bridgehead atoms. The summed E-state index contributed by atoms with van der Waals surface area (Å²) in [6.07, 6.45) is 0.955. The number of nitrogens with one attached hydrogen (secondary N) is 1. The van der Waals surface area contributed by atoms with Crippen LogP contribution in [0, 0.1) is 0 Å². The van der Waals surface area contributed by atoms with Crippen molar-refractivity contribution in [2.75, 3.05) is 13.7 Å². The Hall–Kier alpha value is -1.91. The first-order chi connectivity index (χ1) is 10.4. The molecule has 0 aliphatic carbocycles. The molecule has 21 heavy (non-hydrogen) atoms. The van der Waals surface area contributed by atoms with Gasteiger partial charge in [0.05, 0.1) is 18.3 Å². The van der Waals surface area contributed by atoms with Gasteiger partial charge >= 0.3 is 0 Å². The van der Waals surface area contributed by atoms with Crippen molar-refractivity contribution < 1.29 is 4.74 Å². The summed E-state index contributed by atoms with van der Waals surface area (Å²) >= 11 is 1.64. The van der Waals surface area contributed by atoms with Gasteiger partial charge in [0, 0.05) is 30.5 Å². The summed E-state index contributed by atoms with van der Waals surface area (Å²) in [4.78, 5) is 4.30. The Labute approximate surface area is 128 Å². The summed E-state index contributed by atoms with van der Waals surface area (Å²) in [5.74, 6) is 0.940. The Morgan fingerprint density at radius 3 is 2.90 bits per heavy atom. The van der Waals surface area contributed by atoms with Crippen LogP contribution in [0.5, 0.6) is 5.75 Å². The van der Waals surface area contributed by atoms with Crippen LogP contribution in [0.15, 0.2) is 47.3 Å². The molecule has 1 aromatic heterocycles. The first kappa shape index (κ1) is 14.0. The number of hydrogen-bond acceptors (Lipinski definition) is 4. The van der Waals surface area contributed by atoms with Crippen molar-refractivity contribution in [3.05, 3.63) is 58.5 Å². The monoisotopic (exact) mass is 298 g/mol. The van der Waals surface area contributed by atoms with E-state index in [2.05, 4.69) is 46.0 Å². The van der Waals surface area contributed by atoms with Crippen LogP contribution in [-0.4, -0.2) is 18.6 Å². The topological polar surface area (TPSA) is 34.1 Å². The second-order valence-electron chi connectivity index (χ2n) is 4.87. The van der Waals surface area contributed by atoms with Crippen molar-refractivity contribution in [2.45, 2.75) is 13.0 Å². The van der Waals surface area contributed by atoms with Crippen LogP contribution in [0.25, 0.3) is 10.8 Å². The van der Waals surface area contributed by atoms with Crippen LogP contribution in [-0.2, 0) is 13.0 Å². The molecule has 3 aromatic rings. The molecule has 0 unspecified atom stereocenters. The summed E-state index contributed by atoms with van der Waals surface area (Å²) in [6.45, 7) is 1.71. The number of ether oxygens (including phenoxy) is 1. The number of methoxy groups -OCH3 is 1. The number of hydrogen-bond donors (Lipinski definition) is 1. The summed E-state index contributed by atoms with van der Waals surface area (Å²) in [5.41, 5.74) is 4.24. The zero-order valence-electron chi connectivity index (χ0n) is 12.0. The Balaban J connectivity index is 1.72. The predicted octanol–water partition coefficient (Wildman–Crippen LogP) is 3.64. The van der Waals surface area contributed by atoms with Crippen molar-refractivity contribution in [1.82, 2.24) is 10.3 Å². The van der Waals surface area contributed by atoms with Gasteiger partial charge in [0.2, 0.25) is 0 Å². The maximum absolute atomic E-state index is 5.51. The third-order valence-corrected chi connectivity index (χ3v) is 4.20. The highest BCUT2D eigenvalue weighted by Gasteiger charge is 2.07. The first-order valence-corrected chi connectivity index (χ1v) is 7.95. The highest BCUT2D eigenvalue weighted by atomic mass is 32.1. The van der Waals surface area contributed by atoms with E-state index in [1.54, 1.807) is 18.4 Å². The van der Waals surface area contributed by atoms with Gasteiger partial charge in [-0.2, -0.15) is 0 Å². The van der Waals surface area contributed by atoms with Gasteiger partial charge in [-0.05, 0) is 16.8 Å². The average Bonchev–Trinajstić information content (AvgIpc) is 3.04. The molecular formula is C17H18N2OS. The molecule has 1 N–H and O–H groups in total. The van der Waals surface area contributed by atoms with E-state index in [0.717, 1.165) is 31.0 Å². The van der Waals surface area contributed by atoms with Crippen LogP contribution >= 0.6 is 11.3 Å². The van der Waals surface area contributed by atoms with Crippen molar-refractivity contribution >= 4 is 22.1 Å². The van der Waals surface area contributed by atoms with Gasteiger partial charge in [-0.3, -0.25) is 0 Å². The van der Waals surface area contributed by atoms with E-state index in [1.165, 1.54) is 16.3 Å². The molecule has 0 fully saturated rings. The van der Waals surface area contributed by atoms with Gasteiger partial charge in [-0.1, -0.05) is 30.3 Å². The fourth-order valence-corrected chi connectivity index (χ4v) is 3.07. The fourth-order valence-electron chi connectivity index (χ4n) is 2.48. The Kier molecular flexibility index (Phi) is 4.48. The zero-order chi connectivity index (χ0) is 14.5. The van der Waals surface area contributed by atoms with E-state index in [9.17, 15) is 0 Å². The third kappa shape index (κ3) is 3.23. The fraction of sp³-hybridized carbons (Fsp3) is 0.235. The highest BCUT2D eigenvalue weighted by molar-refractivity contribution is 7.07. The molecule has 0 spiro atoms. The van der Waals surface area contributed by atoms with Crippen LogP contribution in [0.4, 0.5) is 0 Å². The summed E-state index contributed by atoms with van der Waals surface area (Å²) in [6, 6.07) is 12.6. The van der Waals surface area contributed by atoms with Gasteiger partial charge in [0.15, 0.2) is 0 Å². The zero-order valence-corrected chi connectivity index (χ0v) is 12.8. The number of aromatic nitrogens is 1. The summed E-state index contributed by atoms with van der Waals surface area (Å²) < 4.78 is 5.51. The largest absolute Gasteiger partial charge is 0.496 e. The van der Waals surface area contributed by atoms with Crippen LogP contribution in [0.1, 0.15) is 11.3 Å². The molecule has 0 saturated carbocycles. The molecule has 1 heterocycles. The molecule has 3 nitrogen and oxygen atoms in total. The molecule has 0 atom stereocenters. The number of nitrogens with zero attached hydrogens (tertiary/aromatic N) is 1. The van der Waals surface area contributed by atoms with E-state index in [-0.39, 0.29) is 0 Å². The lowest BCUT2D eigenvalue weighted by atomic mass is 10.0. The number of fused-ring (bicyclic) bond motifs is 1. The molecule has 0 amide bonds. The van der Waals surface area contributed by atoms with E-state index in [0.29, 0.717) is 0 Å². The third-order valence-electron chi connectivity index (χ3n) is 3.56. The SMILES string of the molecule is COc1ccc2ccccc2c1CNCCc1cscn1. The quantitative estimate of drug-likeness (QED) is 0.706. The first-order valence-electron chi connectivity index (χ1n) is 7.01. The summed E-state index contributed by atoms with van der Waals surface area (Å²) in [7, 11) is 1.73. The average molecular weight is 298 g/mol. The van der Waals surface area contributed by atoms with Gasteiger partial charge in [-0.15, -0.1) is 11.3 Å². The highest BCUT2D eigenvalue weighted by Crippen LogP contribution is 2.27. The minimum Gasteiger partial charge on any atom is -0.496 e. The van der Waals surface area contributed by atoms with Crippen molar-refractivity contribution in [2.24, 2.45) is 0 Å². The standard InChI is InChI=1S/C17H18N2OS/c1-20-17-7-6-13-4-2-3-5-15(13)16(17)10-18-9-8-14-11-21-12-19-14/h2-7,11-12,18H,8-10H2,1H3. The lowest BCUT2D eigenvalue weighted by molar-refractivity contribution is 0.409. The molecule has 3 rings (SSSR count). The van der Waals surface area contributed by atoms with E-state index in [4.69, 9.17) is 4.74 Å². The lowest BCUT2D eigenvalue weighted by Crippen LogP contribution is -2.17. The second kappa shape index (κ2) is 6.70. The predicted molar refractivity (Wildman–Crippen MR) is 88.0 cm³/mol. The summed E-state index contributed by atoms with van der Waals surface area (Å²) in [5, 5.41) is 8.08. The Bertz CT molecular complexity index is 710. The molecular weight excluding hydrogens is 280 g/mol. The van der Waals surface area contributed by atoms with E-state index in [1.807, 2.05) is 11.6 Å². The Morgan fingerprint density at radius 1 is 1.19 bits per heavy atom. The second-order valence-corrected chi connectivity index (χ2v) is 5.59. The Morgan fingerprint density at radius 2 is 2.10 bits per heavy atom. The maximum Gasteiger partial charge on any atom is 0.123 e. The molecule has 0 saturated heterocycles. The normalized spacial score (nSPS) is 10.9. The smallest absolute Gasteiger partial charge is 0.123 e. The molecule has 108 valence electrons. The molecule has 2 aromatic carbocycles. The van der Waals surface area contributed by atoms with Crippen LogP contribution in [0.2, 0.25) is 0 Å². The number of thiazole rings is 1. The molecule has 0 aliphatic heterocycles. The molecule has 0 aliphatic rings. The van der Waals surface area contributed by atoms with E-state index >= 15 is 0 Å². The van der Waals surface area contributed by atoms with Gasteiger partial charge in [0.1, 0.15) is 5.75 Å². The van der Waals surface area contributed by atoms with Crippen LogP contribution in [0.3, 0.4) is 0 Å². The van der Waals surface area contributed by atoms with Gasteiger partial charge in [-0.25, -0.2) is 4.98 Å². The maximum atomic E-state index is 5.51. The number of benzene rings is 2. The van der Waals surface area contributed by atoms with Gasteiger partial charge in [0.25, 0.3) is 0 Å². The van der Waals surface area contributed by atoms with Crippen molar-refractivity contribution in [3.63, 3.8) is 0 Å². The van der Waals surface area contributed by atoms with Crippen molar-refractivity contribution in [1.29, 1.82) is 0 Å². The van der Waals surface area contributed by atoms with Crippen molar-refractivity contribution in [3.8, 4) is 5.75 Å². The number of rotatable bonds is 6. The minimum atomic E-state index is 0.800. The van der Waals surface area contributed by atoms with Crippen LogP contribution < -0.4 is 10.1 Å². The lowest BCUT2D eigenvalue weighted by Gasteiger charge is -2.13. The molecule has 4 heteroatoms. The molecule has 0 radical (unpaired) electrons.